The summed E-state index contributed by atoms with van der Waals surface area (Å²) in [7, 11) is 0. The van der Waals surface area contributed by atoms with Crippen LogP contribution >= 0.6 is 22.6 Å². The Morgan fingerprint density at radius 2 is 2.08 bits per heavy atom. The number of aromatic nitrogens is 1. The number of nitrogens with zero attached hydrogens (tertiary/aromatic N) is 1. The van der Waals surface area contributed by atoms with Crippen molar-refractivity contribution in [1.29, 1.82) is 0 Å². The molecule has 5 heteroatoms. The van der Waals surface area contributed by atoms with Crippen LogP contribution in [0.2, 0.25) is 0 Å². The van der Waals surface area contributed by atoms with E-state index in [9.17, 15) is 9.59 Å². The summed E-state index contributed by atoms with van der Waals surface area (Å²) < 4.78 is 3.00. The summed E-state index contributed by atoms with van der Waals surface area (Å²) in [5, 5.41) is 3.86. The molecule has 1 amide bonds. The molecule has 3 aromatic rings. The first kappa shape index (κ1) is 17.7. The fourth-order valence-electron chi connectivity index (χ4n) is 3.08. The molecule has 1 aromatic heterocycles. The van der Waals surface area contributed by atoms with Gasteiger partial charge in [-0.25, -0.2) is 0 Å². The van der Waals surface area contributed by atoms with Crippen LogP contribution in [0, 0.1) is 10.5 Å². The molecule has 1 N–H and O–H groups in total. The maximum atomic E-state index is 12.5. The third-order valence-electron chi connectivity index (χ3n) is 4.30. The lowest BCUT2D eigenvalue weighted by atomic mass is 10.1. The Balaban J connectivity index is 1.92. The van der Waals surface area contributed by atoms with Crippen LogP contribution in [0.25, 0.3) is 10.9 Å². The fraction of sp³-hybridized carbons (Fsp3) is 0.200. The smallest absolute Gasteiger partial charge is 0.244 e. The van der Waals surface area contributed by atoms with Gasteiger partial charge in [-0.15, -0.1) is 0 Å². The second-order valence-corrected chi connectivity index (χ2v) is 7.25. The van der Waals surface area contributed by atoms with Gasteiger partial charge in [-0.3, -0.25) is 9.59 Å². The number of para-hydroxylation sites is 1. The number of fused-ring (bicyclic) bond motifs is 1. The van der Waals surface area contributed by atoms with Gasteiger partial charge in [0.15, 0.2) is 6.29 Å². The van der Waals surface area contributed by atoms with Crippen molar-refractivity contribution in [1.82, 2.24) is 4.57 Å². The van der Waals surface area contributed by atoms with E-state index < -0.39 is 0 Å². The minimum absolute atomic E-state index is 0.107. The number of hydrogen-bond acceptors (Lipinski definition) is 2. The molecule has 128 valence electrons. The highest BCUT2D eigenvalue weighted by Gasteiger charge is 2.14. The number of hydrogen-bond donors (Lipinski definition) is 1. The van der Waals surface area contributed by atoms with Gasteiger partial charge in [0, 0.05) is 26.4 Å². The third-order valence-corrected chi connectivity index (χ3v) is 4.97. The maximum Gasteiger partial charge on any atom is 0.244 e. The number of aldehydes is 1. The van der Waals surface area contributed by atoms with Gasteiger partial charge in [-0.05, 0) is 65.3 Å². The Labute approximate surface area is 160 Å². The van der Waals surface area contributed by atoms with E-state index in [4.69, 9.17) is 0 Å². The van der Waals surface area contributed by atoms with Crippen molar-refractivity contribution in [3.8, 4) is 0 Å². The summed E-state index contributed by atoms with van der Waals surface area (Å²) in [5.41, 5.74) is 4.54. The average Bonchev–Trinajstić information content (AvgIpc) is 2.95. The minimum atomic E-state index is -0.107. The summed E-state index contributed by atoms with van der Waals surface area (Å²) >= 11 is 2.25. The first-order valence-electron chi connectivity index (χ1n) is 8.15. The van der Waals surface area contributed by atoms with Crippen molar-refractivity contribution in [3.63, 3.8) is 0 Å². The van der Waals surface area contributed by atoms with Gasteiger partial charge in [-0.2, -0.15) is 0 Å². The Hall–Kier alpha value is -2.15. The van der Waals surface area contributed by atoms with Crippen LogP contribution in [0.4, 0.5) is 5.69 Å². The molecule has 0 fully saturated rings. The predicted molar refractivity (Wildman–Crippen MR) is 109 cm³/mol. The van der Waals surface area contributed by atoms with E-state index in [0.717, 1.165) is 44.0 Å². The number of benzene rings is 2. The van der Waals surface area contributed by atoms with Gasteiger partial charge in [0.25, 0.3) is 0 Å². The molecule has 3 rings (SSSR count). The zero-order chi connectivity index (χ0) is 18.0. The molecule has 0 saturated heterocycles. The second-order valence-electron chi connectivity index (χ2n) is 6.00. The number of nitrogens with one attached hydrogen (secondary N) is 1. The van der Waals surface area contributed by atoms with E-state index in [1.165, 1.54) is 0 Å². The van der Waals surface area contributed by atoms with Gasteiger partial charge in [0.05, 0.1) is 5.52 Å². The summed E-state index contributed by atoms with van der Waals surface area (Å²) in [4.78, 5) is 23.9. The number of halogens is 1. The number of amides is 1. The van der Waals surface area contributed by atoms with Gasteiger partial charge in [-0.1, -0.05) is 25.1 Å². The molecule has 0 unspecified atom stereocenters. The molecule has 0 saturated carbocycles. The molecule has 0 spiro atoms. The SMILES string of the molecule is CCc1cccc2c(C=O)cn(CC(=O)Nc3ccc(I)cc3C)c12. The molecule has 0 aliphatic carbocycles. The van der Waals surface area contributed by atoms with Crippen LogP contribution in [0.5, 0.6) is 0 Å². The van der Waals surface area contributed by atoms with Crippen molar-refractivity contribution in [2.45, 2.75) is 26.8 Å². The standard InChI is InChI=1S/C20H19IN2O2/c1-3-14-5-4-6-17-15(12-24)10-23(20(14)17)11-19(25)22-18-8-7-16(21)9-13(18)2/h4-10,12H,3,11H2,1-2H3,(H,22,25). The van der Waals surface area contributed by atoms with E-state index in [1.54, 1.807) is 6.20 Å². The van der Waals surface area contributed by atoms with Crippen molar-refractivity contribution in [2.75, 3.05) is 5.32 Å². The summed E-state index contributed by atoms with van der Waals surface area (Å²) in [6, 6.07) is 11.8. The lowest BCUT2D eigenvalue weighted by Gasteiger charge is -2.11. The van der Waals surface area contributed by atoms with Crippen molar-refractivity contribution >= 4 is 51.4 Å². The van der Waals surface area contributed by atoms with Crippen molar-refractivity contribution in [3.05, 3.63) is 62.9 Å². The van der Waals surface area contributed by atoms with Crippen molar-refractivity contribution < 1.29 is 9.59 Å². The van der Waals surface area contributed by atoms with Crippen LogP contribution in [0.15, 0.2) is 42.6 Å². The highest BCUT2D eigenvalue weighted by atomic mass is 127. The van der Waals surface area contributed by atoms with Crippen LogP contribution in [-0.4, -0.2) is 16.8 Å². The first-order chi connectivity index (χ1) is 12.0. The normalized spacial score (nSPS) is 10.8. The van der Waals surface area contributed by atoms with E-state index in [0.29, 0.717) is 5.56 Å². The van der Waals surface area contributed by atoms with Crippen LogP contribution < -0.4 is 5.32 Å². The highest BCUT2D eigenvalue weighted by molar-refractivity contribution is 14.1. The quantitative estimate of drug-likeness (QED) is 0.461. The topological polar surface area (TPSA) is 51.1 Å². The Bertz CT molecular complexity index is 960. The fourth-order valence-corrected chi connectivity index (χ4v) is 3.73. The monoisotopic (exact) mass is 446 g/mol. The highest BCUT2D eigenvalue weighted by Crippen LogP contribution is 2.25. The third kappa shape index (κ3) is 3.61. The van der Waals surface area contributed by atoms with Crippen LogP contribution in [0.3, 0.4) is 0 Å². The van der Waals surface area contributed by atoms with E-state index in [1.807, 2.05) is 47.9 Å². The Kier molecular flexibility index (Phi) is 5.22. The minimum Gasteiger partial charge on any atom is -0.337 e. The number of carbonyl (C=O) groups excluding carboxylic acids is 2. The Morgan fingerprint density at radius 3 is 2.76 bits per heavy atom. The lowest BCUT2D eigenvalue weighted by Crippen LogP contribution is -2.19. The number of rotatable bonds is 5. The maximum absolute atomic E-state index is 12.5. The summed E-state index contributed by atoms with van der Waals surface area (Å²) in [6.07, 6.45) is 3.45. The van der Waals surface area contributed by atoms with E-state index in [2.05, 4.69) is 34.8 Å². The number of anilines is 1. The second kappa shape index (κ2) is 7.39. The van der Waals surface area contributed by atoms with Crippen LogP contribution in [-0.2, 0) is 17.8 Å². The zero-order valence-corrected chi connectivity index (χ0v) is 16.3. The zero-order valence-electron chi connectivity index (χ0n) is 14.2. The predicted octanol–water partition coefficient (Wildman–Crippen LogP) is 4.57. The molecular weight excluding hydrogens is 427 g/mol. The van der Waals surface area contributed by atoms with Gasteiger partial charge in [0.1, 0.15) is 6.54 Å². The first-order valence-corrected chi connectivity index (χ1v) is 9.23. The molecule has 0 atom stereocenters. The van der Waals surface area contributed by atoms with Crippen molar-refractivity contribution in [2.24, 2.45) is 0 Å². The molecule has 0 aliphatic rings. The molecule has 0 radical (unpaired) electrons. The molecule has 4 nitrogen and oxygen atoms in total. The molecule has 25 heavy (non-hydrogen) atoms. The molecular formula is C20H19IN2O2. The molecule has 1 heterocycles. The number of carbonyl (C=O) groups is 2. The number of aryl methyl sites for hydroxylation is 2. The van der Waals surface area contributed by atoms with E-state index >= 15 is 0 Å². The Morgan fingerprint density at radius 1 is 1.28 bits per heavy atom. The summed E-state index contributed by atoms with van der Waals surface area (Å²) in [5.74, 6) is -0.107. The largest absolute Gasteiger partial charge is 0.337 e. The summed E-state index contributed by atoms with van der Waals surface area (Å²) in [6.45, 7) is 4.22. The molecule has 2 aromatic carbocycles. The van der Waals surface area contributed by atoms with E-state index in [-0.39, 0.29) is 12.5 Å². The van der Waals surface area contributed by atoms with Gasteiger partial charge >= 0.3 is 0 Å². The molecule has 0 bridgehead atoms. The van der Waals surface area contributed by atoms with Crippen LogP contribution in [0.1, 0.15) is 28.4 Å². The lowest BCUT2D eigenvalue weighted by molar-refractivity contribution is -0.116. The molecule has 0 aliphatic heterocycles. The van der Waals surface area contributed by atoms with Gasteiger partial charge < -0.3 is 9.88 Å². The van der Waals surface area contributed by atoms with Gasteiger partial charge in [0.2, 0.25) is 5.91 Å². The average molecular weight is 446 g/mol.